The van der Waals surface area contributed by atoms with Gasteiger partial charge in [0.15, 0.2) is 0 Å². The fourth-order valence-electron chi connectivity index (χ4n) is 4.26. The Morgan fingerprint density at radius 2 is 2.10 bits per heavy atom. The lowest BCUT2D eigenvalue weighted by Gasteiger charge is -2.30. The van der Waals surface area contributed by atoms with Crippen molar-refractivity contribution < 1.29 is 9.53 Å². The predicted octanol–water partition coefficient (Wildman–Crippen LogP) is 5.10. The molecule has 1 unspecified atom stereocenters. The van der Waals surface area contributed by atoms with E-state index in [9.17, 15) is 4.79 Å². The van der Waals surface area contributed by atoms with Crippen molar-refractivity contribution in [2.75, 3.05) is 18.5 Å². The summed E-state index contributed by atoms with van der Waals surface area (Å²) >= 11 is 0. The van der Waals surface area contributed by atoms with Gasteiger partial charge in [-0.2, -0.15) is 5.10 Å². The number of nitrogens with one attached hydrogen (secondary N) is 2. The van der Waals surface area contributed by atoms with Gasteiger partial charge in [-0.1, -0.05) is 25.0 Å². The summed E-state index contributed by atoms with van der Waals surface area (Å²) in [6, 6.07) is 8.04. The van der Waals surface area contributed by atoms with Crippen molar-refractivity contribution in [1.82, 2.24) is 15.1 Å². The van der Waals surface area contributed by atoms with E-state index in [-0.39, 0.29) is 12.1 Å². The molecule has 0 spiro atoms. The first kappa shape index (κ1) is 20.0. The van der Waals surface area contributed by atoms with Crippen molar-refractivity contribution in [1.29, 1.82) is 0 Å². The van der Waals surface area contributed by atoms with E-state index in [4.69, 9.17) is 4.74 Å². The molecule has 2 fully saturated rings. The second-order valence-electron chi connectivity index (χ2n) is 8.50. The van der Waals surface area contributed by atoms with E-state index >= 15 is 0 Å². The molecule has 2 aliphatic rings. The maximum atomic E-state index is 13.2. The van der Waals surface area contributed by atoms with Gasteiger partial charge < -0.3 is 15.0 Å². The number of aromatic nitrogens is 2. The van der Waals surface area contributed by atoms with Crippen LogP contribution in [0.25, 0.3) is 0 Å². The minimum Gasteiger partial charge on any atom is -0.376 e. The molecule has 1 aliphatic heterocycles. The third-order valence-electron chi connectivity index (χ3n) is 6.03. The highest BCUT2D eigenvalue weighted by Gasteiger charge is 2.30. The number of anilines is 1. The molecule has 4 rings (SSSR count). The number of hydrogen-bond acceptors (Lipinski definition) is 3. The van der Waals surface area contributed by atoms with Crippen molar-refractivity contribution >= 4 is 11.7 Å². The zero-order valence-corrected chi connectivity index (χ0v) is 17.5. The van der Waals surface area contributed by atoms with Gasteiger partial charge in [0.25, 0.3) is 0 Å². The quantitative estimate of drug-likeness (QED) is 0.713. The Morgan fingerprint density at radius 1 is 1.24 bits per heavy atom. The Hall–Kier alpha value is -2.34. The van der Waals surface area contributed by atoms with Crippen LogP contribution in [0.2, 0.25) is 0 Å². The van der Waals surface area contributed by atoms with E-state index in [0.29, 0.717) is 6.61 Å². The van der Waals surface area contributed by atoms with Gasteiger partial charge in [-0.15, -0.1) is 0 Å². The lowest BCUT2D eigenvalue weighted by molar-refractivity contribution is 0.111. The molecule has 6 heteroatoms. The molecular formula is C23H32N4O2. The minimum absolute atomic E-state index is 0.0343. The Kier molecular flexibility index (Phi) is 6.19. The summed E-state index contributed by atoms with van der Waals surface area (Å²) in [6.07, 6.45) is 6.89. The third kappa shape index (κ3) is 4.99. The van der Waals surface area contributed by atoms with Crippen LogP contribution in [0.1, 0.15) is 67.1 Å². The number of urea groups is 1. The highest BCUT2D eigenvalue weighted by atomic mass is 16.5. The molecule has 1 aliphatic carbocycles. The first-order valence-electron chi connectivity index (χ1n) is 10.9. The molecule has 6 nitrogen and oxygen atoms in total. The molecular weight excluding hydrogens is 364 g/mol. The molecule has 1 saturated carbocycles. The second-order valence-corrected chi connectivity index (χ2v) is 8.50. The van der Waals surface area contributed by atoms with Crippen LogP contribution >= 0.6 is 0 Å². The van der Waals surface area contributed by atoms with Gasteiger partial charge in [0.1, 0.15) is 0 Å². The summed E-state index contributed by atoms with van der Waals surface area (Å²) in [5.74, 6) is 0.757. The summed E-state index contributed by atoms with van der Waals surface area (Å²) in [5.41, 5.74) is 5.14. The molecule has 1 aromatic heterocycles. The van der Waals surface area contributed by atoms with Gasteiger partial charge in [-0.05, 0) is 63.1 Å². The van der Waals surface area contributed by atoms with E-state index in [1.165, 1.54) is 18.4 Å². The first-order valence-corrected chi connectivity index (χ1v) is 10.9. The van der Waals surface area contributed by atoms with E-state index in [0.717, 1.165) is 67.4 Å². The van der Waals surface area contributed by atoms with Crippen LogP contribution in [-0.4, -0.2) is 34.3 Å². The van der Waals surface area contributed by atoms with Crippen LogP contribution in [0.3, 0.4) is 0 Å². The molecule has 156 valence electrons. The largest absolute Gasteiger partial charge is 0.376 e. The van der Waals surface area contributed by atoms with Crippen LogP contribution in [0, 0.1) is 19.8 Å². The smallest absolute Gasteiger partial charge is 0.322 e. The number of aromatic amines is 1. The number of likely N-dealkylation sites (tertiary alicyclic amines) is 1. The average Bonchev–Trinajstić information content (AvgIpc) is 3.50. The first-order chi connectivity index (χ1) is 14.1. The molecule has 2 N–H and O–H groups in total. The molecule has 0 bridgehead atoms. The zero-order chi connectivity index (χ0) is 20.2. The van der Waals surface area contributed by atoms with Crippen molar-refractivity contribution in [3.63, 3.8) is 0 Å². The van der Waals surface area contributed by atoms with E-state index in [2.05, 4.69) is 21.6 Å². The highest BCUT2D eigenvalue weighted by Crippen LogP contribution is 2.33. The van der Waals surface area contributed by atoms with E-state index in [1.54, 1.807) is 0 Å². The lowest BCUT2D eigenvalue weighted by Crippen LogP contribution is -2.38. The van der Waals surface area contributed by atoms with Crippen molar-refractivity contribution in [3.8, 4) is 0 Å². The maximum absolute atomic E-state index is 13.2. The Labute approximate surface area is 173 Å². The Balaban J connectivity index is 1.45. The highest BCUT2D eigenvalue weighted by molar-refractivity contribution is 5.89. The number of H-pyrrole nitrogens is 1. The van der Waals surface area contributed by atoms with Crippen molar-refractivity contribution in [3.05, 3.63) is 46.8 Å². The molecule has 1 atom stereocenters. The fraction of sp³-hybridized carbons (Fsp3) is 0.565. The van der Waals surface area contributed by atoms with E-state index < -0.39 is 0 Å². The Morgan fingerprint density at radius 3 is 2.86 bits per heavy atom. The number of rotatable bonds is 6. The zero-order valence-electron chi connectivity index (χ0n) is 17.5. The van der Waals surface area contributed by atoms with Gasteiger partial charge in [-0.25, -0.2) is 4.79 Å². The number of hydrogen-bond donors (Lipinski definition) is 2. The van der Waals surface area contributed by atoms with Gasteiger partial charge in [-0.3, -0.25) is 5.10 Å². The molecule has 1 saturated heterocycles. The summed E-state index contributed by atoms with van der Waals surface area (Å²) in [5, 5.41) is 10.6. The summed E-state index contributed by atoms with van der Waals surface area (Å²) in [4.78, 5) is 15.2. The molecule has 2 amide bonds. The van der Waals surface area contributed by atoms with Crippen LogP contribution in [0.15, 0.2) is 24.3 Å². The monoisotopic (exact) mass is 396 g/mol. The van der Waals surface area contributed by atoms with Gasteiger partial charge in [0, 0.05) is 30.1 Å². The van der Waals surface area contributed by atoms with Gasteiger partial charge >= 0.3 is 6.03 Å². The fourth-order valence-corrected chi connectivity index (χ4v) is 4.26. The average molecular weight is 397 g/mol. The third-order valence-corrected chi connectivity index (χ3v) is 6.03. The Bertz CT molecular complexity index is 824. The number of ether oxygens (including phenoxy) is 1. The SMILES string of the molecule is Cc1n[nH]c(C)c1C1CCCCCN1C(=O)Nc1cccc(COCC2CC2)c1. The normalized spacial score (nSPS) is 19.8. The number of nitrogens with zero attached hydrogens (tertiary/aromatic N) is 2. The molecule has 0 radical (unpaired) electrons. The van der Waals surface area contributed by atoms with Gasteiger partial charge in [0.05, 0.1) is 18.3 Å². The predicted molar refractivity (Wildman–Crippen MR) is 114 cm³/mol. The van der Waals surface area contributed by atoms with Crippen molar-refractivity contribution in [2.45, 2.75) is 65.0 Å². The summed E-state index contributed by atoms with van der Waals surface area (Å²) in [7, 11) is 0. The summed E-state index contributed by atoms with van der Waals surface area (Å²) in [6.45, 7) is 6.27. The topological polar surface area (TPSA) is 70.2 Å². The number of amides is 2. The molecule has 2 heterocycles. The van der Waals surface area contributed by atoms with Crippen LogP contribution < -0.4 is 5.32 Å². The standard InChI is InChI=1S/C23H32N4O2/c1-16-22(17(2)26-25-16)21-9-4-3-5-12-27(21)23(28)24-20-8-6-7-19(13-20)15-29-14-18-10-11-18/h6-8,13,18,21H,3-5,9-12,14-15H2,1-2H3,(H,24,28)(H,25,26). The van der Waals surface area contributed by atoms with Crippen LogP contribution in [0.5, 0.6) is 0 Å². The number of aryl methyl sites for hydroxylation is 2. The van der Waals surface area contributed by atoms with Gasteiger partial charge in [0.2, 0.25) is 0 Å². The van der Waals surface area contributed by atoms with E-state index in [1.807, 2.05) is 36.9 Å². The second kappa shape index (κ2) is 8.99. The molecule has 29 heavy (non-hydrogen) atoms. The molecule has 1 aromatic carbocycles. The minimum atomic E-state index is -0.0343. The number of carbonyl (C=O) groups excluding carboxylic acids is 1. The number of benzene rings is 1. The maximum Gasteiger partial charge on any atom is 0.322 e. The number of carbonyl (C=O) groups is 1. The lowest BCUT2D eigenvalue weighted by atomic mass is 9.99. The van der Waals surface area contributed by atoms with Crippen molar-refractivity contribution in [2.24, 2.45) is 5.92 Å². The van der Waals surface area contributed by atoms with Crippen LogP contribution in [-0.2, 0) is 11.3 Å². The van der Waals surface area contributed by atoms with Crippen LogP contribution in [0.4, 0.5) is 10.5 Å². The summed E-state index contributed by atoms with van der Waals surface area (Å²) < 4.78 is 5.80. The molecule has 2 aromatic rings.